The van der Waals surface area contributed by atoms with Crippen LogP contribution in [-0.4, -0.2) is 17.0 Å². The van der Waals surface area contributed by atoms with Crippen molar-refractivity contribution in [1.29, 1.82) is 5.26 Å². The Bertz CT molecular complexity index is 1050. The fraction of sp³-hybridized carbons (Fsp3) is 0.200. The number of benzene rings is 2. The van der Waals surface area contributed by atoms with Gasteiger partial charge in [0, 0.05) is 22.6 Å². The van der Waals surface area contributed by atoms with E-state index in [-0.39, 0.29) is 17.3 Å². The third-order valence-electron chi connectivity index (χ3n) is 4.27. The predicted molar refractivity (Wildman–Crippen MR) is 109 cm³/mol. The summed E-state index contributed by atoms with van der Waals surface area (Å²) >= 11 is 1.57. The van der Waals surface area contributed by atoms with Crippen LogP contribution in [0.25, 0.3) is 10.6 Å². The maximum absolute atomic E-state index is 10.9. The Labute approximate surface area is 166 Å². The standard InChI is InChI=1S/C20H18N4O3S/c1-12(22-18-9-6-16(24(25)26)10-15(18)11-21)19-13(2)23-20(28-19)14-4-7-17(27-3)8-5-14/h4-10,12,22H,1-3H3. The third kappa shape index (κ3) is 3.94. The molecule has 0 fully saturated rings. The van der Waals surface area contributed by atoms with E-state index in [1.54, 1.807) is 24.5 Å². The first-order valence-electron chi connectivity index (χ1n) is 8.49. The normalized spacial score (nSPS) is 11.5. The van der Waals surface area contributed by atoms with Gasteiger partial charge >= 0.3 is 0 Å². The fourth-order valence-corrected chi connectivity index (χ4v) is 3.90. The lowest BCUT2D eigenvalue weighted by molar-refractivity contribution is -0.384. The average molecular weight is 394 g/mol. The summed E-state index contributed by atoms with van der Waals surface area (Å²) in [6.07, 6.45) is 0. The summed E-state index contributed by atoms with van der Waals surface area (Å²) in [5.74, 6) is 0.787. The molecule has 1 heterocycles. The van der Waals surface area contributed by atoms with Gasteiger partial charge in [-0.1, -0.05) is 0 Å². The molecule has 0 radical (unpaired) electrons. The number of aryl methyl sites for hydroxylation is 1. The largest absolute Gasteiger partial charge is 0.497 e. The number of nitriles is 1. The molecule has 0 spiro atoms. The third-order valence-corrected chi connectivity index (χ3v) is 5.66. The lowest BCUT2D eigenvalue weighted by Crippen LogP contribution is -2.07. The summed E-state index contributed by atoms with van der Waals surface area (Å²) in [7, 11) is 1.63. The molecular weight excluding hydrogens is 376 g/mol. The smallest absolute Gasteiger partial charge is 0.270 e. The molecule has 0 saturated carbocycles. The Hall–Kier alpha value is -3.44. The first kappa shape index (κ1) is 19.3. The van der Waals surface area contributed by atoms with E-state index in [2.05, 4.69) is 10.3 Å². The highest BCUT2D eigenvalue weighted by molar-refractivity contribution is 7.15. The van der Waals surface area contributed by atoms with Crippen LogP contribution >= 0.6 is 11.3 Å². The number of hydrogen-bond donors (Lipinski definition) is 1. The fourth-order valence-electron chi connectivity index (χ4n) is 2.83. The van der Waals surface area contributed by atoms with Gasteiger partial charge in [0.1, 0.15) is 16.8 Å². The molecule has 0 aliphatic rings. The molecule has 1 aromatic heterocycles. The van der Waals surface area contributed by atoms with Crippen LogP contribution in [0.1, 0.15) is 29.1 Å². The highest BCUT2D eigenvalue weighted by Gasteiger charge is 2.18. The maximum atomic E-state index is 10.9. The number of thiazole rings is 1. The van der Waals surface area contributed by atoms with Gasteiger partial charge in [0.05, 0.1) is 35.0 Å². The van der Waals surface area contributed by atoms with Crippen LogP contribution < -0.4 is 10.1 Å². The Morgan fingerprint density at radius 3 is 2.61 bits per heavy atom. The van der Waals surface area contributed by atoms with Crippen LogP contribution in [-0.2, 0) is 0 Å². The first-order chi connectivity index (χ1) is 13.4. The van der Waals surface area contributed by atoms with E-state index in [1.807, 2.05) is 44.2 Å². The summed E-state index contributed by atoms with van der Waals surface area (Å²) in [5.41, 5.74) is 2.58. The minimum atomic E-state index is -0.511. The molecule has 0 bridgehead atoms. The Morgan fingerprint density at radius 2 is 2.00 bits per heavy atom. The highest BCUT2D eigenvalue weighted by atomic mass is 32.1. The number of nitrogens with one attached hydrogen (secondary N) is 1. The molecule has 0 aliphatic heterocycles. The minimum Gasteiger partial charge on any atom is -0.497 e. The number of anilines is 1. The Balaban J connectivity index is 1.85. The molecule has 8 heteroatoms. The predicted octanol–water partition coefficient (Wildman–Crippen LogP) is 5.08. The van der Waals surface area contributed by atoms with Crippen molar-refractivity contribution in [1.82, 2.24) is 4.98 Å². The van der Waals surface area contributed by atoms with Gasteiger partial charge < -0.3 is 10.1 Å². The van der Waals surface area contributed by atoms with Crippen LogP contribution in [0.3, 0.4) is 0 Å². The maximum Gasteiger partial charge on any atom is 0.270 e. The number of nitrogens with zero attached hydrogens (tertiary/aromatic N) is 3. The quantitative estimate of drug-likeness (QED) is 0.462. The number of hydrogen-bond acceptors (Lipinski definition) is 7. The van der Waals surface area contributed by atoms with Gasteiger partial charge in [-0.15, -0.1) is 11.3 Å². The number of aromatic nitrogens is 1. The average Bonchev–Trinajstić information content (AvgIpc) is 3.10. The number of nitro groups is 1. The van der Waals surface area contributed by atoms with Crippen molar-refractivity contribution >= 4 is 22.7 Å². The topological polar surface area (TPSA) is 101 Å². The van der Waals surface area contributed by atoms with Crippen molar-refractivity contribution in [2.45, 2.75) is 19.9 Å². The number of nitro benzene ring substituents is 1. The molecule has 142 valence electrons. The molecule has 0 amide bonds. The van der Waals surface area contributed by atoms with Crippen molar-refractivity contribution < 1.29 is 9.66 Å². The van der Waals surface area contributed by atoms with Gasteiger partial charge in [-0.3, -0.25) is 10.1 Å². The molecule has 3 aromatic rings. The summed E-state index contributed by atoms with van der Waals surface area (Å²) in [6, 6.07) is 13.8. The SMILES string of the molecule is COc1ccc(-c2nc(C)c(C(C)Nc3ccc([N+](=O)[O-])cc3C#N)s2)cc1. The second kappa shape index (κ2) is 8.06. The summed E-state index contributed by atoms with van der Waals surface area (Å²) < 4.78 is 5.19. The second-order valence-electron chi connectivity index (χ2n) is 6.16. The van der Waals surface area contributed by atoms with Crippen molar-refractivity contribution in [2.75, 3.05) is 12.4 Å². The number of rotatable bonds is 6. The molecular formula is C20H18N4O3S. The van der Waals surface area contributed by atoms with Crippen molar-refractivity contribution in [3.8, 4) is 22.4 Å². The molecule has 1 N–H and O–H groups in total. The minimum absolute atomic E-state index is 0.106. The van der Waals surface area contributed by atoms with Gasteiger partial charge in [0.15, 0.2) is 0 Å². The second-order valence-corrected chi connectivity index (χ2v) is 7.19. The monoisotopic (exact) mass is 394 g/mol. The van der Waals surface area contributed by atoms with E-state index in [0.717, 1.165) is 26.9 Å². The van der Waals surface area contributed by atoms with Gasteiger partial charge in [0.2, 0.25) is 0 Å². The summed E-state index contributed by atoms with van der Waals surface area (Å²) in [6.45, 7) is 3.92. The van der Waals surface area contributed by atoms with E-state index in [0.29, 0.717) is 5.69 Å². The van der Waals surface area contributed by atoms with Gasteiger partial charge in [-0.25, -0.2) is 4.98 Å². The molecule has 3 rings (SSSR count). The van der Waals surface area contributed by atoms with Gasteiger partial charge in [0.25, 0.3) is 5.69 Å². The highest BCUT2D eigenvalue weighted by Crippen LogP contribution is 2.34. The molecule has 7 nitrogen and oxygen atoms in total. The van der Waals surface area contributed by atoms with Crippen LogP contribution in [0.5, 0.6) is 5.75 Å². The van der Waals surface area contributed by atoms with Crippen LogP contribution in [0.2, 0.25) is 0 Å². The zero-order valence-corrected chi connectivity index (χ0v) is 16.4. The zero-order valence-electron chi connectivity index (χ0n) is 15.6. The van der Waals surface area contributed by atoms with Crippen LogP contribution in [0, 0.1) is 28.4 Å². The van der Waals surface area contributed by atoms with E-state index in [4.69, 9.17) is 4.74 Å². The van der Waals surface area contributed by atoms with E-state index < -0.39 is 4.92 Å². The van der Waals surface area contributed by atoms with Crippen LogP contribution in [0.4, 0.5) is 11.4 Å². The summed E-state index contributed by atoms with van der Waals surface area (Å²) in [5, 5.41) is 24.4. The molecule has 28 heavy (non-hydrogen) atoms. The lowest BCUT2D eigenvalue weighted by atomic mass is 10.1. The van der Waals surface area contributed by atoms with Crippen molar-refractivity contribution in [3.63, 3.8) is 0 Å². The number of methoxy groups -OCH3 is 1. The molecule has 2 aromatic carbocycles. The lowest BCUT2D eigenvalue weighted by Gasteiger charge is -2.15. The Morgan fingerprint density at radius 1 is 1.29 bits per heavy atom. The van der Waals surface area contributed by atoms with E-state index in [1.165, 1.54) is 12.1 Å². The van der Waals surface area contributed by atoms with Crippen LogP contribution in [0.15, 0.2) is 42.5 Å². The van der Waals surface area contributed by atoms with Gasteiger partial charge in [-0.2, -0.15) is 5.26 Å². The van der Waals surface area contributed by atoms with Crippen molar-refractivity contribution in [2.24, 2.45) is 0 Å². The zero-order chi connectivity index (χ0) is 20.3. The van der Waals surface area contributed by atoms with E-state index in [9.17, 15) is 15.4 Å². The van der Waals surface area contributed by atoms with Gasteiger partial charge in [-0.05, 0) is 44.2 Å². The molecule has 1 unspecified atom stereocenters. The molecule has 0 saturated heterocycles. The van der Waals surface area contributed by atoms with Crippen molar-refractivity contribution in [3.05, 3.63) is 68.7 Å². The van der Waals surface area contributed by atoms with E-state index >= 15 is 0 Å². The molecule has 1 atom stereocenters. The summed E-state index contributed by atoms with van der Waals surface area (Å²) in [4.78, 5) is 16.1. The Kier molecular flexibility index (Phi) is 5.57. The molecule has 0 aliphatic carbocycles. The number of non-ortho nitro benzene ring substituents is 1. The first-order valence-corrected chi connectivity index (χ1v) is 9.31. The number of ether oxygens (including phenoxy) is 1.